The smallest absolute Gasteiger partial charge is 0.322 e. The normalized spacial score (nSPS) is 21.1. The first-order chi connectivity index (χ1) is 8.43. The van der Waals surface area contributed by atoms with E-state index in [1.165, 1.54) is 0 Å². The van der Waals surface area contributed by atoms with Crippen LogP contribution >= 0.6 is 0 Å². The molecule has 1 saturated heterocycles. The summed E-state index contributed by atoms with van der Waals surface area (Å²) in [5.74, 6) is -1.69. The van der Waals surface area contributed by atoms with E-state index >= 15 is 0 Å². The molecule has 0 bridgehead atoms. The highest BCUT2D eigenvalue weighted by Crippen LogP contribution is 2.26. The zero-order valence-electron chi connectivity index (χ0n) is 9.41. The molecule has 1 aliphatic rings. The van der Waals surface area contributed by atoms with Crippen molar-refractivity contribution >= 4 is 16.0 Å². The first-order valence-corrected chi connectivity index (χ1v) is 6.87. The van der Waals surface area contributed by atoms with Crippen molar-refractivity contribution in [2.24, 2.45) is 0 Å². The van der Waals surface area contributed by atoms with Crippen molar-refractivity contribution in [2.45, 2.75) is 23.8 Å². The van der Waals surface area contributed by atoms with Crippen molar-refractivity contribution in [3.05, 3.63) is 30.1 Å². The minimum Gasteiger partial charge on any atom is -0.480 e. The second-order valence-corrected chi connectivity index (χ2v) is 5.96. The van der Waals surface area contributed by atoms with E-state index in [2.05, 4.69) is 0 Å². The maximum atomic E-state index is 12.8. The van der Waals surface area contributed by atoms with Crippen LogP contribution in [0.2, 0.25) is 0 Å². The summed E-state index contributed by atoms with van der Waals surface area (Å²) in [7, 11) is -3.86. The van der Waals surface area contributed by atoms with Crippen molar-refractivity contribution in [3.63, 3.8) is 0 Å². The lowest BCUT2D eigenvalue weighted by Crippen LogP contribution is -2.40. The number of carboxylic acid groups (broad SMARTS) is 1. The molecule has 0 amide bonds. The molecule has 0 saturated carbocycles. The Morgan fingerprint density at radius 3 is 2.50 bits per heavy atom. The van der Waals surface area contributed by atoms with Gasteiger partial charge in [0.05, 0.1) is 4.90 Å². The van der Waals surface area contributed by atoms with Gasteiger partial charge in [-0.1, -0.05) is 0 Å². The summed E-state index contributed by atoms with van der Waals surface area (Å²) >= 11 is 0. The van der Waals surface area contributed by atoms with Gasteiger partial charge >= 0.3 is 5.97 Å². The van der Waals surface area contributed by atoms with Gasteiger partial charge in [-0.2, -0.15) is 4.31 Å². The molecule has 1 N–H and O–H groups in total. The molecule has 2 rings (SSSR count). The second kappa shape index (κ2) is 4.66. The van der Waals surface area contributed by atoms with Gasteiger partial charge in [0.2, 0.25) is 10.0 Å². The third-order valence-electron chi connectivity index (χ3n) is 2.91. The fourth-order valence-electron chi connectivity index (χ4n) is 2.02. The van der Waals surface area contributed by atoms with Gasteiger partial charge in [-0.25, -0.2) is 12.8 Å². The Morgan fingerprint density at radius 2 is 1.94 bits per heavy atom. The van der Waals surface area contributed by atoms with Gasteiger partial charge in [-0.3, -0.25) is 4.79 Å². The van der Waals surface area contributed by atoms with Crippen LogP contribution in [0.25, 0.3) is 0 Å². The van der Waals surface area contributed by atoms with Gasteiger partial charge in [-0.15, -0.1) is 0 Å². The summed E-state index contributed by atoms with van der Waals surface area (Å²) in [5, 5.41) is 8.97. The van der Waals surface area contributed by atoms with E-state index < -0.39 is 27.9 Å². The molecule has 1 atom stereocenters. The van der Waals surface area contributed by atoms with E-state index in [1.54, 1.807) is 0 Å². The molecule has 1 aliphatic heterocycles. The minimum atomic E-state index is -3.86. The summed E-state index contributed by atoms with van der Waals surface area (Å²) in [6.45, 7) is 0.177. The van der Waals surface area contributed by atoms with Crippen LogP contribution in [-0.4, -0.2) is 36.4 Å². The lowest BCUT2D eigenvalue weighted by Gasteiger charge is -2.20. The molecule has 5 nitrogen and oxygen atoms in total. The fourth-order valence-corrected chi connectivity index (χ4v) is 3.67. The van der Waals surface area contributed by atoms with Crippen LogP contribution in [0, 0.1) is 5.82 Å². The van der Waals surface area contributed by atoms with Gasteiger partial charge in [0.1, 0.15) is 11.9 Å². The Labute approximate surface area is 104 Å². The standard InChI is InChI=1S/C11H12FNO4S/c12-8-3-5-9(6-4-8)18(16,17)13-7-1-2-10(13)11(14)15/h3-6,10H,1-2,7H2,(H,14,15)/t10-/m0/s1. The first-order valence-electron chi connectivity index (χ1n) is 5.43. The highest BCUT2D eigenvalue weighted by molar-refractivity contribution is 7.89. The van der Waals surface area contributed by atoms with E-state index in [4.69, 9.17) is 5.11 Å². The van der Waals surface area contributed by atoms with Crippen LogP contribution in [0.15, 0.2) is 29.2 Å². The number of hydrogen-bond donors (Lipinski definition) is 1. The number of sulfonamides is 1. The number of nitrogens with zero attached hydrogens (tertiary/aromatic N) is 1. The Kier molecular flexibility index (Phi) is 3.36. The summed E-state index contributed by atoms with van der Waals surface area (Å²) in [6, 6.07) is 3.33. The van der Waals surface area contributed by atoms with Gasteiger partial charge in [0, 0.05) is 6.54 Å². The Balaban J connectivity index is 2.36. The maximum absolute atomic E-state index is 12.8. The summed E-state index contributed by atoms with van der Waals surface area (Å²) in [5.41, 5.74) is 0. The lowest BCUT2D eigenvalue weighted by molar-refractivity contribution is -0.140. The number of rotatable bonds is 3. The number of aliphatic carboxylic acids is 1. The summed E-state index contributed by atoms with van der Waals surface area (Å²) in [6.07, 6.45) is 0.813. The molecule has 7 heteroatoms. The molecule has 0 radical (unpaired) electrons. The highest BCUT2D eigenvalue weighted by Gasteiger charge is 2.39. The largest absolute Gasteiger partial charge is 0.480 e. The average Bonchev–Trinajstić information content (AvgIpc) is 2.79. The van der Waals surface area contributed by atoms with Crippen LogP contribution in [0.1, 0.15) is 12.8 Å². The van der Waals surface area contributed by atoms with E-state index in [1.807, 2.05) is 0 Å². The molecule has 1 heterocycles. The molecular formula is C11H12FNO4S. The highest BCUT2D eigenvalue weighted by atomic mass is 32.2. The van der Waals surface area contributed by atoms with Crippen LogP contribution in [0.4, 0.5) is 4.39 Å². The van der Waals surface area contributed by atoms with Gasteiger partial charge < -0.3 is 5.11 Å². The van der Waals surface area contributed by atoms with Gasteiger partial charge in [-0.05, 0) is 37.1 Å². The van der Waals surface area contributed by atoms with Gasteiger partial charge in [0.15, 0.2) is 0 Å². The third kappa shape index (κ3) is 2.23. The van der Waals surface area contributed by atoms with Crippen LogP contribution < -0.4 is 0 Å². The van der Waals surface area contributed by atoms with Crippen molar-refractivity contribution in [1.29, 1.82) is 0 Å². The SMILES string of the molecule is O=C(O)[C@@H]1CCCN1S(=O)(=O)c1ccc(F)cc1. The third-order valence-corrected chi connectivity index (χ3v) is 4.83. The number of hydrogen-bond acceptors (Lipinski definition) is 3. The Bertz CT molecular complexity index is 555. The Morgan fingerprint density at radius 1 is 1.33 bits per heavy atom. The minimum absolute atomic E-state index is 0.0861. The zero-order valence-corrected chi connectivity index (χ0v) is 10.2. The second-order valence-electron chi connectivity index (χ2n) is 4.07. The molecule has 0 unspecified atom stereocenters. The molecule has 98 valence electrons. The summed E-state index contributed by atoms with van der Waals surface area (Å²) in [4.78, 5) is 10.9. The number of carboxylic acids is 1. The molecular weight excluding hydrogens is 261 g/mol. The lowest BCUT2D eigenvalue weighted by atomic mass is 10.2. The topological polar surface area (TPSA) is 74.7 Å². The number of benzene rings is 1. The van der Waals surface area contributed by atoms with E-state index in [9.17, 15) is 17.6 Å². The predicted octanol–water partition coefficient (Wildman–Crippen LogP) is 1.06. The average molecular weight is 273 g/mol. The zero-order chi connectivity index (χ0) is 13.3. The van der Waals surface area contributed by atoms with Crippen molar-refractivity contribution in [2.75, 3.05) is 6.54 Å². The molecule has 18 heavy (non-hydrogen) atoms. The molecule has 0 spiro atoms. The molecule has 1 fully saturated rings. The molecule has 0 aliphatic carbocycles. The quantitative estimate of drug-likeness (QED) is 0.893. The molecule has 1 aromatic carbocycles. The maximum Gasteiger partial charge on any atom is 0.322 e. The van der Waals surface area contributed by atoms with E-state index in [0.29, 0.717) is 12.8 Å². The Hall–Kier alpha value is -1.47. The summed E-state index contributed by atoms with van der Waals surface area (Å²) < 4.78 is 38.1. The van der Waals surface area contributed by atoms with E-state index in [-0.39, 0.29) is 11.4 Å². The van der Waals surface area contributed by atoms with Crippen molar-refractivity contribution in [3.8, 4) is 0 Å². The predicted molar refractivity (Wildman–Crippen MR) is 60.9 cm³/mol. The van der Waals surface area contributed by atoms with Gasteiger partial charge in [0.25, 0.3) is 0 Å². The van der Waals surface area contributed by atoms with Crippen LogP contribution in [-0.2, 0) is 14.8 Å². The van der Waals surface area contributed by atoms with E-state index in [0.717, 1.165) is 28.6 Å². The number of carbonyl (C=O) groups is 1. The fraction of sp³-hybridized carbons (Fsp3) is 0.364. The van der Waals surface area contributed by atoms with Crippen molar-refractivity contribution in [1.82, 2.24) is 4.31 Å². The van der Waals surface area contributed by atoms with Crippen LogP contribution in [0.5, 0.6) is 0 Å². The van der Waals surface area contributed by atoms with Crippen LogP contribution in [0.3, 0.4) is 0 Å². The molecule has 0 aromatic heterocycles. The van der Waals surface area contributed by atoms with Crippen molar-refractivity contribution < 1.29 is 22.7 Å². The monoisotopic (exact) mass is 273 g/mol. The first kappa shape index (κ1) is 13.0. The number of halogens is 1. The molecule has 1 aromatic rings.